The third-order valence-corrected chi connectivity index (χ3v) is 5.88. The van der Waals surface area contributed by atoms with Gasteiger partial charge in [0.25, 0.3) is 0 Å². The molecule has 0 amide bonds. The number of hydrogen-bond acceptors (Lipinski definition) is 5. The van der Waals surface area contributed by atoms with Gasteiger partial charge in [0.1, 0.15) is 10.7 Å². The maximum absolute atomic E-state index is 14.4. The van der Waals surface area contributed by atoms with Gasteiger partial charge in [0.2, 0.25) is 10.0 Å². The standard InChI is InChI=1S/C15H23FN2O4S/c1-4-7-18(11-5-6-17-10-11)23(19,20)15-9-14(22-3)13(21-2)8-12(15)16/h8-9,11,17H,4-7,10H2,1-3H3. The number of rotatable bonds is 7. The highest BCUT2D eigenvalue weighted by molar-refractivity contribution is 7.89. The van der Waals surface area contributed by atoms with E-state index in [0.29, 0.717) is 25.9 Å². The van der Waals surface area contributed by atoms with Crippen LogP contribution in [-0.4, -0.2) is 52.6 Å². The molecule has 1 fully saturated rings. The van der Waals surface area contributed by atoms with Crippen LogP contribution in [0, 0.1) is 5.82 Å². The minimum absolute atomic E-state index is 0.160. The van der Waals surface area contributed by atoms with E-state index < -0.39 is 15.8 Å². The van der Waals surface area contributed by atoms with E-state index in [1.165, 1.54) is 24.6 Å². The summed E-state index contributed by atoms with van der Waals surface area (Å²) in [4.78, 5) is -0.379. The first kappa shape index (κ1) is 18.0. The van der Waals surface area contributed by atoms with Crippen LogP contribution in [-0.2, 0) is 10.0 Å². The number of halogens is 1. The van der Waals surface area contributed by atoms with Crippen molar-refractivity contribution in [2.75, 3.05) is 33.9 Å². The van der Waals surface area contributed by atoms with E-state index in [1.807, 2.05) is 6.92 Å². The smallest absolute Gasteiger partial charge is 0.246 e. The van der Waals surface area contributed by atoms with Crippen molar-refractivity contribution < 1.29 is 22.3 Å². The van der Waals surface area contributed by atoms with Gasteiger partial charge in [0, 0.05) is 31.3 Å². The maximum Gasteiger partial charge on any atom is 0.246 e. The Morgan fingerprint density at radius 3 is 2.48 bits per heavy atom. The molecule has 1 aliphatic heterocycles. The summed E-state index contributed by atoms with van der Waals surface area (Å²) in [5.41, 5.74) is 0. The minimum atomic E-state index is -3.95. The molecule has 0 aliphatic carbocycles. The van der Waals surface area contributed by atoms with Gasteiger partial charge in [-0.15, -0.1) is 0 Å². The van der Waals surface area contributed by atoms with Gasteiger partial charge < -0.3 is 14.8 Å². The van der Waals surface area contributed by atoms with Crippen LogP contribution in [0.4, 0.5) is 4.39 Å². The van der Waals surface area contributed by atoms with Gasteiger partial charge in [-0.25, -0.2) is 12.8 Å². The zero-order valence-corrected chi connectivity index (χ0v) is 14.5. The van der Waals surface area contributed by atoms with E-state index in [0.717, 1.165) is 12.6 Å². The molecule has 8 heteroatoms. The molecule has 1 aromatic carbocycles. The normalized spacial score (nSPS) is 18.4. The van der Waals surface area contributed by atoms with Gasteiger partial charge in [0.05, 0.1) is 14.2 Å². The van der Waals surface area contributed by atoms with E-state index >= 15 is 0 Å². The Hall–Kier alpha value is -1.38. The van der Waals surface area contributed by atoms with Crippen molar-refractivity contribution in [3.05, 3.63) is 17.9 Å². The largest absolute Gasteiger partial charge is 0.493 e. The molecule has 1 N–H and O–H groups in total. The van der Waals surface area contributed by atoms with E-state index in [9.17, 15) is 12.8 Å². The lowest BCUT2D eigenvalue weighted by atomic mass is 10.2. The zero-order chi connectivity index (χ0) is 17.0. The van der Waals surface area contributed by atoms with Crippen LogP contribution in [0.5, 0.6) is 11.5 Å². The van der Waals surface area contributed by atoms with Crippen molar-refractivity contribution in [1.29, 1.82) is 0 Å². The molecule has 1 saturated heterocycles. The SMILES string of the molecule is CCCN(C1CCNC1)S(=O)(=O)c1cc(OC)c(OC)cc1F. The fourth-order valence-corrected chi connectivity index (χ4v) is 4.57. The number of sulfonamides is 1. The number of benzene rings is 1. The molecule has 1 unspecified atom stereocenters. The molecular formula is C15H23FN2O4S. The molecule has 1 aromatic rings. The molecule has 1 heterocycles. The van der Waals surface area contributed by atoms with Crippen molar-refractivity contribution in [3.8, 4) is 11.5 Å². The number of ether oxygens (including phenoxy) is 2. The van der Waals surface area contributed by atoms with Crippen LogP contribution >= 0.6 is 0 Å². The topological polar surface area (TPSA) is 67.9 Å². The molecule has 0 radical (unpaired) electrons. The van der Waals surface area contributed by atoms with Crippen molar-refractivity contribution in [3.63, 3.8) is 0 Å². The van der Waals surface area contributed by atoms with E-state index in [-0.39, 0.29) is 22.4 Å². The van der Waals surface area contributed by atoms with Crippen LogP contribution in [0.15, 0.2) is 17.0 Å². The average molecular weight is 346 g/mol. The van der Waals surface area contributed by atoms with Crippen LogP contribution < -0.4 is 14.8 Å². The molecule has 1 aliphatic rings. The van der Waals surface area contributed by atoms with Crippen LogP contribution in [0.2, 0.25) is 0 Å². The highest BCUT2D eigenvalue weighted by Gasteiger charge is 2.35. The summed E-state index contributed by atoms with van der Waals surface area (Å²) in [6.07, 6.45) is 1.37. The third kappa shape index (κ3) is 3.59. The first-order chi connectivity index (χ1) is 11.0. The summed E-state index contributed by atoms with van der Waals surface area (Å²) < 4.78 is 51.8. The fourth-order valence-electron chi connectivity index (χ4n) is 2.76. The minimum Gasteiger partial charge on any atom is -0.493 e. The predicted octanol–water partition coefficient (Wildman–Crippen LogP) is 1.61. The molecule has 1 atom stereocenters. The van der Waals surface area contributed by atoms with Crippen LogP contribution in [0.1, 0.15) is 19.8 Å². The Balaban J connectivity index is 2.48. The lowest BCUT2D eigenvalue weighted by Gasteiger charge is -2.27. The van der Waals surface area contributed by atoms with Crippen molar-refractivity contribution in [2.24, 2.45) is 0 Å². The quantitative estimate of drug-likeness (QED) is 0.812. The van der Waals surface area contributed by atoms with Gasteiger partial charge in [-0.05, 0) is 19.4 Å². The summed E-state index contributed by atoms with van der Waals surface area (Å²) in [7, 11) is -1.19. The second-order valence-corrected chi connectivity index (χ2v) is 7.26. The number of methoxy groups -OCH3 is 2. The summed E-state index contributed by atoms with van der Waals surface area (Å²) in [5, 5.41) is 3.15. The Kier molecular flexibility index (Phi) is 5.83. The van der Waals surface area contributed by atoms with Crippen molar-refractivity contribution >= 4 is 10.0 Å². The average Bonchev–Trinajstić information content (AvgIpc) is 3.05. The van der Waals surface area contributed by atoms with Crippen molar-refractivity contribution in [2.45, 2.75) is 30.7 Å². The summed E-state index contributed by atoms with van der Waals surface area (Å²) in [6.45, 7) is 3.58. The molecule has 23 heavy (non-hydrogen) atoms. The monoisotopic (exact) mass is 346 g/mol. The highest BCUT2D eigenvalue weighted by atomic mass is 32.2. The zero-order valence-electron chi connectivity index (χ0n) is 13.6. The summed E-state index contributed by atoms with van der Waals surface area (Å²) >= 11 is 0. The second kappa shape index (κ2) is 7.46. The predicted molar refractivity (Wildman–Crippen MR) is 85.0 cm³/mol. The summed E-state index contributed by atoms with van der Waals surface area (Å²) in [6, 6.07) is 2.07. The molecular weight excluding hydrogens is 323 g/mol. The molecule has 130 valence electrons. The Labute approximate surface area is 136 Å². The van der Waals surface area contributed by atoms with E-state index in [2.05, 4.69) is 5.32 Å². The van der Waals surface area contributed by atoms with E-state index in [1.54, 1.807) is 0 Å². The first-order valence-electron chi connectivity index (χ1n) is 7.59. The van der Waals surface area contributed by atoms with Gasteiger partial charge >= 0.3 is 0 Å². The van der Waals surface area contributed by atoms with Gasteiger partial charge in [-0.2, -0.15) is 4.31 Å². The molecule has 0 saturated carbocycles. The Bertz CT molecular complexity index is 645. The molecule has 0 aromatic heterocycles. The highest BCUT2D eigenvalue weighted by Crippen LogP contribution is 2.34. The second-order valence-electron chi connectivity index (χ2n) is 5.40. The van der Waals surface area contributed by atoms with Gasteiger partial charge in [0.15, 0.2) is 11.5 Å². The van der Waals surface area contributed by atoms with Gasteiger partial charge in [-0.3, -0.25) is 0 Å². The number of nitrogens with one attached hydrogen (secondary N) is 1. The van der Waals surface area contributed by atoms with Crippen molar-refractivity contribution in [1.82, 2.24) is 9.62 Å². The molecule has 6 nitrogen and oxygen atoms in total. The first-order valence-corrected chi connectivity index (χ1v) is 9.03. The van der Waals surface area contributed by atoms with Crippen LogP contribution in [0.3, 0.4) is 0 Å². The fraction of sp³-hybridized carbons (Fsp3) is 0.600. The third-order valence-electron chi connectivity index (χ3n) is 3.91. The van der Waals surface area contributed by atoms with E-state index in [4.69, 9.17) is 9.47 Å². The lowest BCUT2D eigenvalue weighted by molar-refractivity contribution is 0.330. The van der Waals surface area contributed by atoms with Gasteiger partial charge in [-0.1, -0.05) is 6.92 Å². The summed E-state index contributed by atoms with van der Waals surface area (Å²) in [5.74, 6) is -0.489. The molecule has 0 bridgehead atoms. The molecule has 0 spiro atoms. The number of nitrogens with zero attached hydrogens (tertiary/aromatic N) is 1. The Morgan fingerprint density at radius 1 is 1.30 bits per heavy atom. The lowest BCUT2D eigenvalue weighted by Crippen LogP contribution is -2.42. The molecule has 2 rings (SSSR count). The maximum atomic E-state index is 14.4. The van der Waals surface area contributed by atoms with Crippen LogP contribution in [0.25, 0.3) is 0 Å². The Morgan fingerprint density at radius 2 is 1.96 bits per heavy atom. The number of hydrogen-bond donors (Lipinski definition) is 1.